The van der Waals surface area contributed by atoms with Gasteiger partial charge in [0.15, 0.2) is 5.82 Å². The fourth-order valence-electron chi connectivity index (χ4n) is 6.72. The number of nitrogens with zero attached hydrogens (tertiary/aromatic N) is 2. The zero-order valence-electron chi connectivity index (χ0n) is 26.6. The number of hydrogen-bond donors (Lipinski definition) is 0. The van der Waals surface area contributed by atoms with E-state index in [0.29, 0.717) is 5.82 Å². The third-order valence-electron chi connectivity index (χ3n) is 9.14. The van der Waals surface area contributed by atoms with Crippen LogP contribution in [0.5, 0.6) is 0 Å². The van der Waals surface area contributed by atoms with Crippen molar-refractivity contribution in [1.29, 1.82) is 0 Å². The molecule has 0 amide bonds. The molecule has 9 rings (SSSR count). The monoisotopic (exact) mass is 626 g/mol. The lowest BCUT2D eigenvalue weighted by atomic mass is 9.93. The highest BCUT2D eigenvalue weighted by Gasteiger charge is 2.17. The molecule has 0 saturated carbocycles. The van der Waals surface area contributed by atoms with Crippen molar-refractivity contribution in [3.05, 3.63) is 182 Å². The molecule has 0 aliphatic rings. The van der Waals surface area contributed by atoms with E-state index in [1.165, 1.54) is 22.3 Å². The topological polar surface area (TPSA) is 38.9 Å². The molecule has 3 nitrogen and oxygen atoms in total. The number of fused-ring (bicyclic) bond motifs is 3. The normalized spacial score (nSPS) is 11.3. The molecule has 0 bridgehead atoms. The standard InChI is InChI=1S/C46H30N2O/c1-4-13-32(14-5-1)37-19-10-11-20-38(37)33-25-23-31(24-26-33)36-27-28-43-40(29-36)45-39(21-12-22-44(45)49-43)42-30-41(34-15-6-2-7-16-34)47-46(48-42)35-17-8-3-9-18-35/h1-30H. The van der Waals surface area contributed by atoms with Gasteiger partial charge >= 0.3 is 0 Å². The Morgan fingerprint density at radius 3 is 1.55 bits per heavy atom. The summed E-state index contributed by atoms with van der Waals surface area (Å²) in [5.74, 6) is 0.691. The molecule has 9 aromatic rings. The molecular weight excluding hydrogens is 597 g/mol. The molecule has 0 fully saturated rings. The first-order chi connectivity index (χ1) is 24.3. The molecule has 0 radical (unpaired) electrons. The van der Waals surface area contributed by atoms with Gasteiger partial charge in [-0.3, -0.25) is 0 Å². The second kappa shape index (κ2) is 12.2. The summed E-state index contributed by atoms with van der Waals surface area (Å²) >= 11 is 0. The van der Waals surface area contributed by atoms with Gasteiger partial charge in [0.1, 0.15) is 11.2 Å². The fourth-order valence-corrected chi connectivity index (χ4v) is 6.72. The minimum atomic E-state index is 0.691. The maximum Gasteiger partial charge on any atom is 0.160 e. The quantitative estimate of drug-likeness (QED) is 0.184. The lowest BCUT2D eigenvalue weighted by Gasteiger charge is -2.11. The minimum Gasteiger partial charge on any atom is -0.456 e. The van der Waals surface area contributed by atoms with Crippen LogP contribution in [0.15, 0.2) is 186 Å². The van der Waals surface area contributed by atoms with Crippen LogP contribution in [0.2, 0.25) is 0 Å². The van der Waals surface area contributed by atoms with Crippen molar-refractivity contribution < 1.29 is 4.42 Å². The van der Waals surface area contributed by atoms with E-state index in [2.05, 4.69) is 133 Å². The first kappa shape index (κ1) is 28.6. The average molecular weight is 627 g/mol. The van der Waals surface area contributed by atoms with Gasteiger partial charge in [-0.25, -0.2) is 9.97 Å². The number of rotatable bonds is 6. The first-order valence-electron chi connectivity index (χ1n) is 16.5. The second-order valence-electron chi connectivity index (χ2n) is 12.2. The van der Waals surface area contributed by atoms with Gasteiger partial charge in [-0.2, -0.15) is 0 Å². The van der Waals surface area contributed by atoms with Crippen molar-refractivity contribution in [3.8, 4) is 67.3 Å². The van der Waals surface area contributed by atoms with Crippen LogP contribution in [0, 0.1) is 0 Å². The zero-order chi connectivity index (χ0) is 32.6. The highest BCUT2D eigenvalue weighted by Crippen LogP contribution is 2.40. The van der Waals surface area contributed by atoms with Crippen molar-refractivity contribution in [1.82, 2.24) is 9.97 Å². The van der Waals surface area contributed by atoms with Gasteiger partial charge < -0.3 is 4.42 Å². The Labute approximate surface area is 284 Å². The molecular formula is C46H30N2O. The van der Waals surface area contributed by atoms with Gasteiger partial charge in [-0.05, 0) is 57.6 Å². The predicted octanol–water partition coefficient (Wildman–Crippen LogP) is 12.4. The van der Waals surface area contributed by atoms with Gasteiger partial charge in [-0.15, -0.1) is 0 Å². The molecule has 3 heteroatoms. The second-order valence-corrected chi connectivity index (χ2v) is 12.2. The van der Waals surface area contributed by atoms with E-state index in [1.807, 2.05) is 48.5 Å². The Bertz CT molecular complexity index is 2510. The zero-order valence-corrected chi connectivity index (χ0v) is 26.6. The van der Waals surface area contributed by atoms with Crippen LogP contribution < -0.4 is 0 Å². The van der Waals surface area contributed by atoms with Crippen LogP contribution in [-0.2, 0) is 0 Å². The van der Waals surface area contributed by atoms with Gasteiger partial charge in [0.05, 0.1) is 11.4 Å². The third-order valence-corrected chi connectivity index (χ3v) is 9.14. The maximum absolute atomic E-state index is 6.42. The van der Waals surface area contributed by atoms with Gasteiger partial charge in [0.25, 0.3) is 0 Å². The molecule has 0 aliphatic carbocycles. The molecule has 0 unspecified atom stereocenters. The summed E-state index contributed by atoms with van der Waals surface area (Å²) in [5, 5.41) is 2.10. The minimum absolute atomic E-state index is 0.691. The van der Waals surface area contributed by atoms with Crippen LogP contribution in [0.1, 0.15) is 0 Å². The van der Waals surface area contributed by atoms with E-state index < -0.39 is 0 Å². The predicted molar refractivity (Wildman–Crippen MR) is 202 cm³/mol. The summed E-state index contributed by atoms with van der Waals surface area (Å²) < 4.78 is 6.42. The molecule has 2 aromatic heterocycles. The summed E-state index contributed by atoms with van der Waals surface area (Å²) in [4.78, 5) is 10.1. The highest BCUT2D eigenvalue weighted by molar-refractivity contribution is 6.13. The van der Waals surface area contributed by atoms with Crippen molar-refractivity contribution in [3.63, 3.8) is 0 Å². The molecule has 49 heavy (non-hydrogen) atoms. The molecule has 230 valence electrons. The van der Waals surface area contributed by atoms with Crippen molar-refractivity contribution in [2.75, 3.05) is 0 Å². The summed E-state index contributed by atoms with van der Waals surface area (Å²) in [7, 11) is 0. The van der Waals surface area contributed by atoms with Crippen LogP contribution in [0.25, 0.3) is 89.2 Å². The van der Waals surface area contributed by atoms with Crippen molar-refractivity contribution in [2.24, 2.45) is 0 Å². The first-order valence-corrected chi connectivity index (χ1v) is 16.5. The van der Waals surface area contributed by atoms with Gasteiger partial charge in [0, 0.05) is 27.5 Å². The van der Waals surface area contributed by atoms with Crippen LogP contribution in [0.4, 0.5) is 0 Å². The largest absolute Gasteiger partial charge is 0.456 e. The SMILES string of the molecule is c1ccc(-c2cc(-c3cccc4oc5ccc(-c6ccc(-c7ccccc7-c7ccccc7)cc6)cc5c34)nc(-c3ccccc3)n2)cc1. The lowest BCUT2D eigenvalue weighted by molar-refractivity contribution is 0.669. The lowest BCUT2D eigenvalue weighted by Crippen LogP contribution is -1.96. The maximum atomic E-state index is 6.42. The van der Waals surface area contributed by atoms with Gasteiger partial charge in [0.2, 0.25) is 0 Å². The Kier molecular flexibility index (Phi) is 7.14. The fraction of sp³-hybridized carbons (Fsp3) is 0. The molecule has 0 atom stereocenters. The van der Waals surface area contributed by atoms with E-state index in [9.17, 15) is 0 Å². The summed E-state index contributed by atoms with van der Waals surface area (Å²) in [6.07, 6.45) is 0. The van der Waals surface area contributed by atoms with Crippen molar-refractivity contribution in [2.45, 2.75) is 0 Å². The molecule has 0 N–H and O–H groups in total. The Morgan fingerprint density at radius 2 is 0.857 bits per heavy atom. The van der Waals surface area contributed by atoms with Crippen LogP contribution in [0.3, 0.4) is 0 Å². The highest BCUT2D eigenvalue weighted by atomic mass is 16.3. The molecule has 7 aromatic carbocycles. The Hall–Kier alpha value is -6.58. The van der Waals surface area contributed by atoms with Crippen LogP contribution >= 0.6 is 0 Å². The van der Waals surface area contributed by atoms with E-state index >= 15 is 0 Å². The van der Waals surface area contributed by atoms with E-state index in [1.54, 1.807) is 0 Å². The Balaban J connectivity index is 1.15. The van der Waals surface area contributed by atoms with Crippen molar-refractivity contribution >= 4 is 21.9 Å². The van der Waals surface area contributed by atoms with Crippen LogP contribution in [-0.4, -0.2) is 9.97 Å². The summed E-state index contributed by atoms with van der Waals surface area (Å²) in [6.45, 7) is 0. The molecule has 2 heterocycles. The number of aromatic nitrogens is 2. The van der Waals surface area contributed by atoms with E-state index in [0.717, 1.165) is 61.1 Å². The van der Waals surface area contributed by atoms with E-state index in [-0.39, 0.29) is 0 Å². The number of benzene rings is 7. The molecule has 0 aliphatic heterocycles. The van der Waals surface area contributed by atoms with E-state index in [4.69, 9.17) is 14.4 Å². The number of hydrogen-bond acceptors (Lipinski definition) is 3. The summed E-state index contributed by atoms with van der Waals surface area (Å²) in [5.41, 5.74) is 13.6. The summed E-state index contributed by atoms with van der Waals surface area (Å²) in [6, 6.07) is 63.2. The molecule has 0 saturated heterocycles. The number of furan rings is 1. The average Bonchev–Trinajstić information content (AvgIpc) is 3.57. The Morgan fingerprint density at radius 1 is 0.327 bits per heavy atom. The third kappa shape index (κ3) is 5.38. The van der Waals surface area contributed by atoms with Gasteiger partial charge in [-0.1, -0.05) is 158 Å². The smallest absolute Gasteiger partial charge is 0.160 e. The molecule has 0 spiro atoms.